The van der Waals surface area contributed by atoms with Gasteiger partial charge in [-0.05, 0) is 70.6 Å². The van der Waals surface area contributed by atoms with Crippen LogP contribution in [0.25, 0.3) is 0 Å². The molecule has 1 aromatic carbocycles. The van der Waals surface area contributed by atoms with E-state index in [1.165, 1.54) is 13.2 Å². The van der Waals surface area contributed by atoms with Crippen LogP contribution in [0.4, 0.5) is 13.2 Å². The van der Waals surface area contributed by atoms with E-state index in [1.807, 2.05) is 0 Å². The van der Waals surface area contributed by atoms with E-state index < -0.39 is 60.0 Å². The number of carbonyl (C=O) groups excluding carboxylic acids is 3. The Morgan fingerprint density at radius 1 is 0.863 bits per heavy atom. The highest BCUT2D eigenvalue weighted by Gasteiger charge is 2.49. The average Bonchev–Trinajstić information content (AvgIpc) is 3.06. The van der Waals surface area contributed by atoms with Gasteiger partial charge >= 0.3 is 11.9 Å². The third-order valence-corrected chi connectivity index (χ3v) is 8.59. The average molecular weight is 728 g/mol. The topological polar surface area (TPSA) is 111 Å². The van der Waals surface area contributed by atoms with Crippen molar-refractivity contribution in [3.05, 3.63) is 42.0 Å². The molecule has 0 radical (unpaired) electrons. The number of aliphatic hydroxyl groups is 1. The van der Waals surface area contributed by atoms with Gasteiger partial charge in [-0.25, -0.2) is 18.4 Å². The van der Waals surface area contributed by atoms with Gasteiger partial charge < -0.3 is 24.6 Å². The Kier molecular flexibility index (Phi) is 21.8. The molecule has 1 amide bonds. The molecule has 8 nitrogen and oxygen atoms in total. The quantitative estimate of drug-likeness (QED) is 0.0529. The number of esters is 2. The largest absolute Gasteiger partial charge is 0.494 e. The fourth-order valence-corrected chi connectivity index (χ4v) is 5.59. The SMILES string of the molecule is CCCCCCCC(F)(F)CCCCCCC=C[C@H](C(=O)N[C@@H](Cc1ccc(OCCCC)cc1)C(=O)OC)[C@@](O)(CCF)C(=O)OC(C)(C)C. The maximum Gasteiger partial charge on any atom is 0.339 e. The van der Waals surface area contributed by atoms with E-state index in [4.69, 9.17) is 14.2 Å². The van der Waals surface area contributed by atoms with Crippen LogP contribution in [0.15, 0.2) is 36.4 Å². The zero-order chi connectivity index (χ0) is 38.3. The van der Waals surface area contributed by atoms with E-state index in [9.17, 15) is 32.7 Å². The van der Waals surface area contributed by atoms with Crippen LogP contribution in [0.5, 0.6) is 5.75 Å². The molecule has 292 valence electrons. The van der Waals surface area contributed by atoms with Crippen molar-refractivity contribution in [3.63, 3.8) is 0 Å². The maximum absolute atomic E-state index is 14.3. The summed E-state index contributed by atoms with van der Waals surface area (Å²) in [4.78, 5) is 39.9. The second-order valence-electron chi connectivity index (χ2n) is 14.4. The summed E-state index contributed by atoms with van der Waals surface area (Å²) in [5.74, 6) is -6.42. The molecule has 0 aromatic heterocycles. The maximum atomic E-state index is 14.3. The molecule has 0 saturated carbocycles. The van der Waals surface area contributed by atoms with E-state index in [0.29, 0.717) is 56.4 Å². The Morgan fingerprint density at radius 3 is 2.00 bits per heavy atom. The molecule has 2 N–H and O–H groups in total. The molecule has 0 spiro atoms. The van der Waals surface area contributed by atoms with Crippen LogP contribution in [0.1, 0.15) is 136 Å². The lowest BCUT2D eigenvalue weighted by molar-refractivity contribution is -0.184. The minimum atomic E-state index is -2.66. The monoisotopic (exact) mass is 727 g/mol. The van der Waals surface area contributed by atoms with Crippen molar-refractivity contribution < 1.29 is 46.9 Å². The number of alkyl halides is 3. The number of nitrogens with one attached hydrogen (secondary N) is 1. The number of hydrogen-bond donors (Lipinski definition) is 2. The van der Waals surface area contributed by atoms with Crippen molar-refractivity contribution in [2.24, 2.45) is 5.92 Å². The number of rotatable bonds is 27. The van der Waals surface area contributed by atoms with Gasteiger partial charge in [0.25, 0.3) is 0 Å². The van der Waals surface area contributed by atoms with Gasteiger partial charge in [0.2, 0.25) is 11.8 Å². The Labute approximate surface area is 304 Å². The Bertz CT molecular complexity index is 1170. The predicted octanol–water partition coefficient (Wildman–Crippen LogP) is 9.01. The van der Waals surface area contributed by atoms with Crippen LogP contribution in [0.2, 0.25) is 0 Å². The highest BCUT2D eigenvalue weighted by atomic mass is 19.3. The van der Waals surface area contributed by atoms with Gasteiger partial charge in [0.05, 0.1) is 26.3 Å². The number of allylic oxidation sites excluding steroid dienone is 1. The fraction of sp³-hybridized carbons (Fsp3) is 0.725. The van der Waals surface area contributed by atoms with Crippen molar-refractivity contribution in [3.8, 4) is 5.75 Å². The molecule has 0 bridgehead atoms. The molecule has 0 unspecified atom stereocenters. The Balaban J connectivity index is 3.04. The smallest absolute Gasteiger partial charge is 0.339 e. The highest BCUT2D eigenvalue weighted by molar-refractivity contribution is 5.93. The summed E-state index contributed by atoms with van der Waals surface area (Å²) in [6.07, 6.45) is 11.1. The van der Waals surface area contributed by atoms with Crippen LogP contribution in [0.3, 0.4) is 0 Å². The first kappa shape index (κ1) is 45.9. The molecule has 0 aliphatic carbocycles. The minimum absolute atomic E-state index is 0.0377. The summed E-state index contributed by atoms with van der Waals surface area (Å²) in [5, 5.41) is 14.2. The predicted molar refractivity (Wildman–Crippen MR) is 195 cm³/mol. The summed E-state index contributed by atoms with van der Waals surface area (Å²) >= 11 is 0. The van der Waals surface area contributed by atoms with Gasteiger partial charge in [-0.3, -0.25) is 9.18 Å². The molecule has 0 saturated heterocycles. The number of ether oxygens (including phenoxy) is 3. The van der Waals surface area contributed by atoms with E-state index in [-0.39, 0.29) is 19.3 Å². The second-order valence-corrected chi connectivity index (χ2v) is 14.4. The first-order valence-electron chi connectivity index (χ1n) is 18.8. The van der Waals surface area contributed by atoms with Crippen molar-refractivity contribution in [1.82, 2.24) is 5.32 Å². The zero-order valence-corrected chi connectivity index (χ0v) is 31.9. The van der Waals surface area contributed by atoms with Crippen molar-refractivity contribution in [1.29, 1.82) is 0 Å². The van der Waals surface area contributed by atoms with Gasteiger partial charge in [0.15, 0.2) is 5.60 Å². The van der Waals surface area contributed by atoms with E-state index >= 15 is 0 Å². The Hall–Kier alpha value is -3.08. The molecule has 11 heteroatoms. The number of amides is 1. The number of methoxy groups -OCH3 is 1. The Morgan fingerprint density at radius 2 is 1.45 bits per heavy atom. The van der Waals surface area contributed by atoms with Crippen molar-refractivity contribution in [2.75, 3.05) is 20.4 Å². The fourth-order valence-electron chi connectivity index (χ4n) is 5.59. The van der Waals surface area contributed by atoms with E-state index in [1.54, 1.807) is 51.1 Å². The summed E-state index contributed by atoms with van der Waals surface area (Å²) in [6.45, 7) is 8.36. The molecule has 0 aliphatic heterocycles. The summed E-state index contributed by atoms with van der Waals surface area (Å²) in [7, 11) is 1.18. The molecular formula is C40H64F3NO7. The number of carbonyl (C=O) groups is 3. The molecular weight excluding hydrogens is 663 g/mol. The van der Waals surface area contributed by atoms with Crippen molar-refractivity contribution >= 4 is 17.8 Å². The summed E-state index contributed by atoms with van der Waals surface area (Å²) in [5.41, 5.74) is -2.93. The lowest BCUT2D eigenvalue weighted by Crippen LogP contribution is -2.56. The molecule has 0 aliphatic rings. The normalized spacial score (nSPS) is 14.5. The molecule has 0 heterocycles. The number of benzene rings is 1. The number of hydrogen-bond acceptors (Lipinski definition) is 7. The third-order valence-electron chi connectivity index (χ3n) is 8.59. The van der Waals surface area contributed by atoms with Gasteiger partial charge in [-0.1, -0.05) is 83.1 Å². The standard InChI is InChI=1S/C40H64F3NO7/c1-7-9-11-15-18-25-39(42,43)26-19-16-13-12-14-17-20-33(40(48,27-28-41)37(47)51-38(3,4)5)35(45)44-34(36(46)49-6)30-31-21-23-32(24-22-31)50-29-10-8-2/h17,20-24,33-34,48H,7-16,18-19,25-30H2,1-6H3,(H,44,45)/t33-,34+,40+/m1/s1. The van der Waals surface area contributed by atoms with Crippen LogP contribution in [-0.4, -0.2) is 66.5 Å². The lowest BCUT2D eigenvalue weighted by Gasteiger charge is -2.34. The number of unbranched alkanes of at least 4 members (excludes halogenated alkanes) is 9. The molecule has 3 atom stereocenters. The highest BCUT2D eigenvalue weighted by Crippen LogP contribution is 2.30. The van der Waals surface area contributed by atoms with Gasteiger partial charge in [-0.2, -0.15) is 0 Å². The molecule has 0 fully saturated rings. The zero-order valence-electron chi connectivity index (χ0n) is 31.9. The van der Waals surface area contributed by atoms with Crippen LogP contribution < -0.4 is 10.1 Å². The van der Waals surface area contributed by atoms with Gasteiger partial charge in [0, 0.05) is 25.7 Å². The summed E-state index contributed by atoms with van der Waals surface area (Å²) in [6, 6.07) is 5.85. The van der Waals surface area contributed by atoms with Gasteiger partial charge in [0.1, 0.15) is 17.4 Å². The third kappa shape index (κ3) is 18.8. The van der Waals surface area contributed by atoms with E-state index in [0.717, 1.165) is 38.5 Å². The minimum Gasteiger partial charge on any atom is -0.494 e. The first-order chi connectivity index (χ1) is 24.1. The first-order valence-corrected chi connectivity index (χ1v) is 18.8. The van der Waals surface area contributed by atoms with E-state index in [2.05, 4.69) is 19.2 Å². The lowest BCUT2D eigenvalue weighted by atomic mass is 9.82. The molecule has 51 heavy (non-hydrogen) atoms. The van der Waals surface area contributed by atoms with Gasteiger partial charge in [-0.15, -0.1) is 0 Å². The van der Waals surface area contributed by atoms with Crippen LogP contribution in [0, 0.1) is 5.92 Å². The number of halogens is 3. The van der Waals surface area contributed by atoms with Crippen LogP contribution >= 0.6 is 0 Å². The second kappa shape index (κ2) is 24.2. The molecule has 1 rings (SSSR count). The van der Waals surface area contributed by atoms with Crippen molar-refractivity contribution in [2.45, 2.75) is 161 Å². The summed E-state index contributed by atoms with van der Waals surface area (Å²) < 4.78 is 58.4. The molecule has 1 aromatic rings. The van der Waals surface area contributed by atoms with Crippen LogP contribution in [-0.2, 0) is 30.3 Å².